The maximum atomic E-state index is 5.69. The van der Waals surface area contributed by atoms with E-state index in [2.05, 4.69) is 79.8 Å². The highest BCUT2D eigenvalue weighted by Crippen LogP contribution is 2.28. The van der Waals surface area contributed by atoms with Gasteiger partial charge in [0.1, 0.15) is 5.76 Å². The molecule has 2 unspecified atom stereocenters. The molecule has 0 spiro atoms. The molecule has 124 valence electrons. The Balaban J connectivity index is 1.66. The second kappa shape index (κ2) is 7.98. The fourth-order valence-electron chi connectivity index (χ4n) is 3.07. The SMILES string of the molecule is Cc1ccc(C(CCNC(C)c2ccccc2)c2ccco2)cc1. The van der Waals surface area contributed by atoms with Crippen LogP contribution in [0.4, 0.5) is 0 Å². The van der Waals surface area contributed by atoms with E-state index in [-0.39, 0.29) is 5.92 Å². The number of furan rings is 1. The third kappa shape index (κ3) is 4.15. The van der Waals surface area contributed by atoms with Crippen LogP contribution in [0.1, 0.15) is 47.8 Å². The summed E-state index contributed by atoms with van der Waals surface area (Å²) in [4.78, 5) is 0. The lowest BCUT2D eigenvalue weighted by molar-refractivity contribution is 0.457. The minimum atomic E-state index is 0.288. The lowest BCUT2D eigenvalue weighted by Crippen LogP contribution is -2.21. The van der Waals surface area contributed by atoms with E-state index in [1.54, 1.807) is 6.26 Å². The Labute approximate surface area is 144 Å². The van der Waals surface area contributed by atoms with Gasteiger partial charge < -0.3 is 9.73 Å². The molecule has 0 saturated heterocycles. The first-order chi connectivity index (χ1) is 11.7. The van der Waals surface area contributed by atoms with Crippen molar-refractivity contribution in [3.63, 3.8) is 0 Å². The molecule has 2 aromatic carbocycles. The third-order valence-corrected chi connectivity index (χ3v) is 4.55. The predicted octanol–water partition coefficient (Wildman–Crippen LogP) is 5.46. The average Bonchev–Trinajstić information content (AvgIpc) is 3.15. The minimum absolute atomic E-state index is 0.288. The zero-order chi connectivity index (χ0) is 16.8. The Morgan fingerprint density at radius 1 is 0.875 bits per heavy atom. The standard InChI is InChI=1S/C22H25NO/c1-17-10-12-20(13-11-17)21(22-9-6-16-24-22)14-15-23-18(2)19-7-4-3-5-8-19/h3-13,16,18,21,23H,14-15H2,1-2H3. The van der Waals surface area contributed by atoms with E-state index in [0.717, 1.165) is 18.7 Å². The lowest BCUT2D eigenvalue weighted by Gasteiger charge is -2.19. The van der Waals surface area contributed by atoms with Crippen molar-refractivity contribution in [2.45, 2.75) is 32.2 Å². The van der Waals surface area contributed by atoms with E-state index in [1.807, 2.05) is 6.07 Å². The normalized spacial score (nSPS) is 13.6. The Bertz CT molecular complexity index is 716. The third-order valence-electron chi connectivity index (χ3n) is 4.55. The van der Waals surface area contributed by atoms with Crippen LogP contribution in [0.25, 0.3) is 0 Å². The highest BCUT2D eigenvalue weighted by molar-refractivity contribution is 5.30. The van der Waals surface area contributed by atoms with Crippen LogP contribution in [0.5, 0.6) is 0 Å². The topological polar surface area (TPSA) is 25.2 Å². The molecule has 0 fully saturated rings. The van der Waals surface area contributed by atoms with Crippen molar-refractivity contribution in [1.29, 1.82) is 0 Å². The van der Waals surface area contributed by atoms with Gasteiger partial charge in [0.2, 0.25) is 0 Å². The molecule has 3 aromatic rings. The van der Waals surface area contributed by atoms with Gasteiger partial charge in [-0.1, -0.05) is 60.2 Å². The summed E-state index contributed by atoms with van der Waals surface area (Å²) >= 11 is 0. The van der Waals surface area contributed by atoms with Gasteiger partial charge in [0.15, 0.2) is 0 Å². The molecular weight excluding hydrogens is 294 g/mol. The molecule has 1 N–H and O–H groups in total. The Kier molecular flexibility index (Phi) is 5.50. The molecule has 2 nitrogen and oxygen atoms in total. The molecule has 0 saturated carbocycles. The van der Waals surface area contributed by atoms with Gasteiger partial charge in [-0.05, 0) is 50.1 Å². The summed E-state index contributed by atoms with van der Waals surface area (Å²) in [6.45, 7) is 5.27. The number of aryl methyl sites for hydroxylation is 1. The van der Waals surface area contributed by atoms with Crippen LogP contribution in [-0.2, 0) is 0 Å². The first-order valence-corrected chi connectivity index (χ1v) is 8.62. The van der Waals surface area contributed by atoms with Gasteiger partial charge in [0, 0.05) is 12.0 Å². The zero-order valence-corrected chi connectivity index (χ0v) is 14.4. The Morgan fingerprint density at radius 2 is 1.62 bits per heavy atom. The monoisotopic (exact) mass is 319 g/mol. The fraction of sp³-hybridized carbons (Fsp3) is 0.273. The molecule has 24 heavy (non-hydrogen) atoms. The van der Waals surface area contributed by atoms with Gasteiger partial charge in [-0.2, -0.15) is 0 Å². The van der Waals surface area contributed by atoms with Gasteiger partial charge in [-0.15, -0.1) is 0 Å². The Hall–Kier alpha value is -2.32. The van der Waals surface area contributed by atoms with E-state index in [9.17, 15) is 0 Å². The van der Waals surface area contributed by atoms with Crippen LogP contribution >= 0.6 is 0 Å². The molecule has 3 rings (SSSR count). The van der Waals surface area contributed by atoms with Gasteiger partial charge in [0.05, 0.1) is 6.26 Å². The van der Waals surface area contributed by atoms with Crippen LogP contribution in [0.2, 0.25) is 0 Å². The largest absolute Gasteiger partial charge is 0.469 e. The lowest BCUT2D eigenvalue weighted by atomic mass is 9.92. The van der Waals surface area contributed by atoms with Crippen molar-refractivity contribution < 1.29 is 4.42 Å². The molecule has 0 amide bonds. The highest BCUT2D eigenvalue weighted by atomic mass is 16.3. The maximum absolute atomic E-state index is 5.69. The van der Waals surface area contributed by atoms with E-state index < -0.39 is 0 Å². The number of benzene rings is 2. The molecular formula is C22H25NO. The van der Waals surface area contributed by atoms with Crippen LogP contribution in [-0.4, -0.2) is 6.54 Å². The molecule has 0 radical (unpaired) electrons. The number of nitrogens with one attached hydrogen (secondary N) is 1. The molecule has 0 aliphatic heterocycles. The highest BCUT2D eigenvalue weighted by Gasteiger charge is 2.17. The van der Waals surface area contributed by atoms with E-state index in [4.69, 9.17) is 4.42 Å². The summed E-state index contributed by atoms with van der Waals surface area (Å²) in [6, 6.07) is 23.7. The molecule has 1 aromatic heterocycles. The zero-order valence-electron chi connectivity index (χ0n) is 14.4. The predicted molar refractivity (Wildman–Crippen MR) is 99.2 cm³/mol. The average molecular weight is 319 g/mol. The second-order valence-corrected chi connectivity index (χ2v) is 6.35. The quantitative estimate of drug-likeness (QED) is 0.625. The fourth-order valence-corrected chi connectivity index (χ4v) is 3.07. The van der Waals surface area contributed by atoms with Gasteiger partial charge in [-0.3, -0.25) is 0 Å². The number of hydrogen-bond donors (Lipinski definition) is 1. The number of rotatable bonds is 7. The molecule has 0 aliphatic rings. The van der Waals surface area contributed by atoms with E-state index >= 15 is 0 Å². The molecule has 2 atom stereocenters. The van der Waals surface area contributed by atoms with Crippen molar-refractivity contribution in [2.24, 2.45) is 0 Å². The van der Waals surface area contributed by atoms with Crippen LogP contribution in [0.15, 0.2) is 77.4 Å². The number of hydrogen-bond acceptors (Lipinski definition) is 2. The van der Waals surface area contributed by atoms with Gasteiger partial charge in [-0.25, -0.2) is 0 Å². The van der Waals surface area contributed by atoms with Crippen LogP contribution in [0.3, 0.4) is 0 Å². The van der Waals surface area contributed by atoms with Crippen molar-refractivity contribution >= 4 is 0 Å². The summed E-state index contributed by atoms with van der Waals surface area (Å²) in [5.41, 5.74) is 3.92. The summed E-state index contributed by atoms with van der Waals surface area (Å²) in [6.07, 6.45) is 2.77. The van der Waals surface area contributed by atoms with Gasteiger partial charge in [0.25, 0.3) is 0 Å². The summed E-state index contributed by atoms with van der Waals surface area (Å²) < 4.78 is 5.69. The maximum Gasteiger partial charge on any atom is 0.111 e. The summed E-state index contributed by atoms with van der Waals surface area (Å²) in [7, 11) is 0. The molecule has 2 heteroatoms. The second-order valence-electron chi connectivity index (χ2n) is 6.35. The van der Waals surface area contributed by atoms with Crippen LogP contribution < -0.4 is 5.32 Å². The summed E-state index contributed by atoms with van der Waals surface area (Å²) in [5, 5.41) is 3.63. The first kappa shape index (κ1) is 16.5. The molecule has 1 heterocycles. The minimum Gasteiger partial charge on any atom is -0.469 e. The molecule has 0 aliphatic carbocycles. The van der Waals surface area contributed by atoms with E-state index in [0.29, 0.717) is 6.04 Å². The van der Waals surface area contributed by atoms with Gasteiger partial charge >= 0.3 is 0 Å². The van der Waals surface area contributed by atoms with Crippen molar-refractivity contribution in [3.05, 3.63) is 95.4 Å². The first-order valence-electron chi connectivity index (χ1n) is 8.62. The van der Waals surface area contributed by atoms with Crippen molar-refractivity contribution in [2.75, 3.05) is 6.54 Å². The van der Waals surface area contributed by atoms with Crippen LogP contribution in [0, 0.1) is 6.92 Å². The summed E-state index contributed by atoms with van der Waals surface area (Å²) in [5.74, 6) is 1.32. The smallest absolute Gasteiger partial charge is 0.111 e. The Morgan fingerprint density at radius 3 is 2.29 bits per heavy atom. The van der Waals surface area contributed by atoms with E-state index in [1.165, 1.54) is 16.7 Å². The molecule has 0 bridgehead atoms. The van der Waals surface area contributed by atoms with Crippen molar-refractivity contribution in [1.82, 2.24) is 5.32 Å². The van der Waals surface area contributed by atoms with Crippen molar-refractivity contribution in [3.8, 4) is 0 Å².